The molecule has 37 heavy (non-hydrogen) atoms. The van der Waals surface area contributed by atoms with Gasteiger partial charge < -0.3 is 9.64 Å². The van der Waals surface area contributed by atoms with E-state index in [1.807, 2.05) is 18.2 Å². The van der Waals surface area contributed by atoms with E-state index in [0.717, 1.165) is 17.3 Å². The molecule has 1 amide bonds. The smallest absolute Gasteiger partial charge is 0.249 e. The number of alkyl halides is 2. The number of hydroxylamine groups is 1. The molecule has 0 spiro atoms. The molecule has 0 radical (unpaired) electrons. The molecule has 1 saturated heterocycles. The van der Waals surface area contributed by atoms with Crippen molar-refractivity contribution in [3.63, 3.8) is 0 Å². The number of hydrogen-bond donors (Lipinski definition) is 2. The van der Waals surface area contributed by atoms with Crippen LogP contribution in [0.15, 0.2) is 53.8 Å². The molecule has 3 heterocycles. The zero-order valence-corrected chi connectivity index (χ0v) is 21.6. The van der Waals surface area contributed by atoms with Crippen molar-refractivity contribution in [2.24, 2.45) is 5.41 Å². The highest BCUT2D eigenvalue weighted by Crippen LogP contribution is 2.41. The number of aromatic nitrogens is 2. The molecule has 3 aromatic rings. The number of pyridine rings is 2. The number of hydrogen-bond acceptors (Lipinski definition) is 7. The fourth-order valence-electron chi connectivity index (χ4n) is 5.01. The lowest BCUT2D eigenvalue weighted by Crippen LogP contribution is -2.48. The standard InChI is InChI=1S/C27H32F2N4O3S/c1-36-20-5-6-23-21(16-20)25(19(17-28)18-31-23)22(29)7-8-27(26(34)32-35)9-12-33(13-10-27)14-15-37-24-4-2-3-11-30-24/h2-6,11,16,18,22,35H,7-10,12-15,17H2,1H3,(H,32,34). The lowest BCUT2D eigenvalue weighted by molar-refractivity contribution is -0.143. The summed E-state index contributed by atoms with van der Waals surface area (Å²) in [7, 11) is 1.51. The number of methoxy groups -OCH3 is 1. The third kappa shape index (κ3) is 6.37. The maximum absolute atomic E-state index is 15.8. The van der Waals surface area contributed by atoms with Crippen molar-refractivity contribution in [2.45, 2.75) is 43.6 Å². The highest BCUT2D eigenvalue weighted by Gasteiger charge is 2.41. The first-order valence-corrected chi connectivity index (χ1v) is 13.3. The Morgan fingerprint density at radius 1 is 1.27 bits per heavy atom. The van der Waals surface area contributed by atoms with Crippen molar-refractivity contribution in [3.8, 4) is 5.75 Å². The number of ether oxygens (including phenoxy) is 1. The Morgan fingerprint density at radius 3 is 2.76 bits per heavy atom. The van der Waals surface area contributed by atoms with E-state index in [0.29, 0.717) is 42.6 Å². The number of amides is 1. The van der Waals surface area contributed by atoms with Gasteiger partial charge in [0.25, 0.3) is 0 Å². The van der Waals surface area contributed by atoms with E-state index in [1.54, 1.807) is 41.6 Å². The van der Waals surface area contributed by atoms with Gasteiger partial charge in [0.1, 0.15) is 18.6 Å². The molecule has 2 aromatic heterocycles. The molecule has 7 nitrogen and oxygen atoms in total. The highest BCUT2D eigenvalue weighted by atomic mass is 32.2. The monoisotopic (exact) mass is 530 g/mol. The van der Waals surface area contributed by atoms with Gasteiger partial charge in [-0.15, -0.1) is 11.8 Å². The molecule has 4 rings (SSSR count). The van der Waals surface area contributed by atoms with Crippen LogP contribution < -0.4 is 10.2 Å². The van der Waals surface area contributed by atoms with Gasteiger partial charge in [-0.1, -0.05) is 6.07 Å². The first-order valence-electron chi connectivity index (χ1n) is 12.4. The molecule has 0 saturated carbocycles. The van der Waals surface area contributed by atoms with Gasteiger partial charge in [0, 0.05) is 41.2 Å². The second-order valence-electron chi connectivity index (χ2n) is 9.30. The van der Waals surface area contributed by atoms with Gasteiger partial charge in [-0.05, 0) is 69.1 Å². The largest absolute Gasteiger partial charge is 0.497 e. The number of thioether (sulfide) groups is 1. The number of carbonyl (C=O) groups is 1. The summed E-state index contributed by atoms with van der Waals surface area (Å²) >= 11 is 1.68. The Hall–Kier alpha value is -2.82. The minimum Gasteiger partial charge on any atom is -0.497 e. The molecule has 1 fully saturated rings. The summed E-state index contributed by atoms with van der Waals surface area (Å²) in [4.78, 5) is 23.6. The normalized spacial score (nSPS) is 16.4. The summed E-state index contributed by atoms with van der Waals surface area (Å²) < 4.78 is 34.9. The molecule has 1 aliphatic heterocycles. The maximum Gasteiger partial charge on any atom is 0.249 e. The molecule has 0 aliphatic carbocycles. The van der Waals surface area contributed by atoms with Crippen LogP contribution in [0.4, 0.5) is 8.78 Å². The van der Waals surface area contributed by atoms with Gasteiger partial charge >= 0.3 is 0 Å². The van der Waals surface area contributed by atoms with Crippen LogP contribution in [0.2, 0.25) is 0 Å². The average Bonchev–Trinajstić information content (AvgIpc) is 2.95. The number of carbonyl (C=O) groups excluding carboxylic acids is 1. The number of nitrogens with one attached hydrogen (secondary N) is 1. The summed E-state index contributed by atoms with van der Waals surface area (Å²) in [6.45, 7) is 1.33. The van der Waals surface area contributed by atoms with Crippen molar-refractivity contribution >= 4 is 28.6 Å². The van der Waals surface area contributed by atoms with Crippen molar-refractivity contribution in [1.29, 1.82) is 0 Å². The Bertz CT molecular complexity index is 1190. The van der Waals surface area contributed by atoms with E-state index in [-0.39, 0.29) is 24.0 Å². The van der Waals surface area contributed by atoms with E-state index >= 15 is 4.39 Å². The van der Waals surface area contributed by atoms with E-state index in [2.05, 4.69) is 14.9 Å². The quantitative estimate of drug-likeness (QED) is 0.198. The van der Waals surface area contributed by atoms with Crippen molar-refractivity contribution < 1.29 is 23.5 Å². The predicted octanol–water partition coefficient (Wildman–Crippen LogP) is 5.28. The van der Waals surface area contributed by atoms with Gasteiger partial charge in [-0.3, -0.25) is 15.0 Å². The van der Waals surface area contributed by atoms with Crippen molar-refractivity contribution in [3.05, 3.63) is 59.9 Å². The molecule has 198 valence electrons. The number of likely N-dealkylation sites (tertiary alicyclic amines) is 1. The number of piperidine rings is 1. The molecule has 1 aromatic carbocycles. The topological polar surface area (TPSA) is 87.6 Å². The molecule has 1 atom stereocenters. The summed E-state index contributed by atoms with van der Waals surface area (Å²) in [6.07, 6.45) is 2.89. The second kappa shape index (κ2) is 12.6. The Kier molecular flexibility index (Phi) is 9.28. The van der Waals surface area contributed by atoms with Crippen LogP contribution in [-0.2, 0) is 11.5 Å². The number of halogens is 2. The Morgan fingerprint density at radius 2 is 2.08 bits per heavy atom. The SMILES string of the molecule is COc1ccc2ncc(CF)c(C(F)CCC3(C(=O)NO)CCN(CCSc4ccccn4)CC3)c2c1. The highest BCUT2D eigenvalue weighted by molar-refractivity contribution is 7.99. The van der Waals surface area contributed by atoms with Gasteiger partial charge in [0.15, 0.2) is 0 Å². The lowest BCUT2D eigenvalue weighted by atomic mass is 9.73. The van der Waals surface area contributed by atoms with Crippen LogP contribution in [0.1, 0.15) is 43.0 Å². The summed E-state index contributed by atoms with van der Waals surface area (Å²) in [5.41, 5.74) is 1.90. The van der Waals surface area contributed by atoms with Crippen LogP contribution >= 0.6 is 11.8 Å². The molecule has 2 N–H and O–H groups in total. The number of benzene rings is 1. The Balaban J connectivity index is 1.43. The van der Waals surface area contributed by atoms with Crippen molar-refractivity contribution in [1.82, 2.24) is 20.3 Å². The van der Waals surface area contributed by atoms with Crippen LogP contribution in [0.25, 0.3) is 10.9 Å². The van der Waals surface area contributed by atoms with Crippen LogP contribution in [0.5, 0.6) is 5.75 Å². The minimum absolute atomic E-state index is 0.0201. The molecule has 10 heteroatoms. The van der Waals surface area contributed by atoms with E-state index in [4.69, 9.17) is 4.74 Å². The maximum atomic E-state index is 15.8. The summed E-state index contributed by atoms with van der Waals surface area (Å²) in [5, 5.41) is 10.9. The van der Waals surface area contributed by atoms with Gasteiger partial charge in [0.2, 0.25) is 5.91 Å². The minimum atomic E-state index is -1.50. The number of nitrogens with zero attached hydrogens (tertiary/aromatic N) is 3. The van der Waals surface area contributed by atoms with Crippen LogP contribution in [0, 0.1) is 5.41 Å². The van der Waals surface area contributed by atoms with E-state index < -0.39 is 24.2 Å². The zero-order valence-electron chi connectivity index (χ0n) is 20.8. The van der Waals surface area contributed by atoms with Crippen molar-refractivity contribution in [2.75, 3.05) is 32.5 Å². The fourth-order valence-corrected chi connectivity index (χ4v) is 5.88. The van der Waals surface area contributed by atoms with Gasteiger partial charge in [0.05, 0.1) is 23.1 Å². The number of fused-ring (bicyclic) bond motifs is 1. The average molecular weight is 531 g/mol. The first kappa shape index (κ1) is 27.2. The second-order valence-corrected chi connectivity index (χ2v) is 10.4. The Labute approximate surface area is 219 Å². The fraction of sp³-hybridized carbons (Fsp3) is 0.444. The first-order chi connectivity index (χ1) is 18.0. The molecule has 1 unspecified atom stereocenters. The van der Waals surface area contributed by atoms with Crippen LogP contribution in [0.3, 0.4) is 0 Å². The molecular formula is C27H32F2N4O3S. The number of rotatable bonds is 11. The van der Waals surface area contributed by atoms with Gasteiger partial charge in [-0.25, -0.2) is 19.2 Å². The molecule has 1 aliphatic rings. The predicted molar refractivity (Wildman–Crippen MR) is 139 cm³/mol. The van der Waals surface area contributed by atoms with Gasteiger partial charge in [-0.2, -0.15) is 0 Å². The lowest BCUT2D eigenvalue weighted by Gasteiger charge is -2.40. The third-order valence-electron chi connectivity index (χ3n) is 7.22. The summed E-state index contributed by atoms with van der Waals surface area (Å²) in [5.74, 6) is 0.908. The van der Waals surface area contributed by atoms with Crippen LogP contribution in [-0.4, -0.2) is 58.5 Å². The summed E-state index contributed by atoms with van der Waals surface area (Å²) in [6, 6.07) is 10.9. The third-order valence-corrected chi connectivity index (χ3v) is 8.15. The molecular weight excluding hydrogens is 498 g/mol. The van der Waals surface area contributed by atoms with E-state index in [1.165, 1.54) is 13.3 Å². The zero-order chi connectivity index (χ0) is 26.3. The molecule has 0 bridgehead atoms. The van der Waals surface area contributed by atoms with E-state index in [9.17, 15) is 14.4 Å².